The first-order valence-corrected chi connectivity index (χ1v) is 11.5. The summed E-state index contributed by atoms with van der Waals surface area (Å²) < 4.78 is 7.90. The van der Waals surface area contributed by atoms with Crippen molar-refractivity contribution < 1.29 is 9.53 Å². The van der Waals surface area contributed by atoms with E-state index >= 15 is 0 Å². The monoisotopic (exact) mass is 428 g/mol. The lowest BCUT2D eigenvalue weighted by Crippen LogP contribution is -2.36. The van der Waals surface area contributed by atoms with Gasteiger partial charge >= 0.3 is 0 Å². The van der Waals surface area contributed by atoms with Crippen molar-refractivity contribution >= 4 is 33.2 Å². The number of nitrogens with zero attached hydrogens (tertiary/aromatic N) is 3. The van der Waals surface area contributed by atoms with E-state index in [1.165, 1.54) is 16.9 Å². The number of nitrogens with one attached hydrogen (secondary N) is 1. The van der Waals surface area contributed by atoms with Crippen LogP contribution in [0.4, 0.5) is 0 Å². The zero-order chi connectivity index (χ0) is 21.5. The van der Waals surface area contributed by atoms with Gasteiger partial charge in [-0.05, 0) is 42.9 Å². The highest BCUT2D eigenvalue weighted by atomic mass is 32.1. The Kier molecular flexibility index (Phi) is 5.64. The Bertz CT molecular complexity index is 1060. The minimum Gasteiger partial charge on any atom is -0.374 e. The van der Waals surface area contributed by atoms with Crippen LogP contribution in [0.15, 0.2) is 24.4 Å². The predicted molar refractivity (Wildman–Crippen MR) is 122 cm³/mol. The van der Waals surface area contributed by atoms with Crippen molar-refractivity contribution in [2.24, 2.45) is 5.41 Å². The van der Waals surface area contributed by atoms with Crippen LogP contribution < -0.4 is 5.32 Å². The van der Waals surface area contributed by atoms with Crippen molar-refractivity contribution in [1.82, 2.24) is 19.6 Å². The quantitative estimate of drug-likeness (QED) is 0.635. The molecular weight excluding hydrogens is 396 g/mol. The maximum absolute atomic E-state index is 12.9. The summed E-state index contributed by atoms with van der Waals surface area (Å²) >= 11 is 1.45. The molecule has 1 fully saturated rings. The van der Waals surface area contributed by atoms with Crippen LogP contribution in [0.5, 0.6) is 0 Å². The van der Waals surface area contributed by atoms with Crippen LogP contribution in [-0.4, -0.2) is 52.5 Å². The van der Waals surface area contributed by atoms with Crippen LogP contribution in [0.3, 0.4) is 0 Å². The van der Waals surface area contributed by atoms with Gasteiger partial charge in [-0.25, -0.2) is 4.98 Å². The van der Waals surface area contributed by atoms with Crippen molar-refractivity contribution in [3.63, 3.8) is 0 Å². The Hall–Kier alpha value is -1.96. The zero-order valence-electron chi connectivity index (χ0n) is 18.6. The molecule has 3 aromatic rings. The molecule has 3 heterocycles. The van der Waals surface area contributed by atoms with Crippen molar-refractivity contribution in [2.75, 3.05) is 26.7 Å². The van der Waals surface area contributed by atoms with Gasteiger partial charge in [0.15, 0.2) is 4.96 Å². The average Bonchev–Trinajstić information content (AvgIpc) is 3.34. The van der Waals surface area contributed by atoms with E-state index in [4.69, 9.17) is 9.72 Å². The van der Waals surface area contributed by atoms with Crippen LogP contribution in [0.2, 0.25) is 0 Å². The highest BCUT2D eigenvalue weighted by molar-refractivity contribution is 7.18. The highest BCUT2D eigenvalue weighted by Crippen LogP contribution is 2.27. The second-order valence-electron chi connectivity index (χ2n) is 9.91. The van der Waals surface area contributed by atoms with E-state index < -0.39 is 0 Å². The molecule has 1 atom stereocenters. The zero-order valence-corrected chi connectivity index (χ0v) is 19.4. The minimum absolute atomic E-state index is 0.0459. The van der Waals surface area contributed by atoms with Gasteiger partial charge < -0.3 is 15.0 Å². The summed E-state index contributed by atoms with van der Waals surface area (Å²) in [5.41, 5.74) is 3.22. The standard InChI is InChI=1S/C23H32N4O2S/c1-22(2,3)15-26(5)20(28)19-13-27-18-11-16(7-8-17(18)25-21(27)30-19)12-24-14-23(4)9-6-10-29-23/h7-8,11,13,24H,6,9-10,12,14-15H2,1-5H3/t23-/m0/s1. The second kappa shape index (κ2) is 7.94. The van der Waals surface area contributed by atoms with Crippen molar-refractivity contribution in [1.29, 1.82) is 0 Å². The molecule has 1 N–H and O–H groups in total. The lowest BCUT2D eigenvalue weighted by atomic mass is 9.96. The normalized spacial score (nSPS) is 19.8. The molecule has 0 unspecified atom stereocenters. The molecule has 6 nitrogen and oxygen atoms in total. The molecule has 0 spiro atoms. The van der Waals surface area contributed by atoms with Gasteiger partial charge in [0.05, 0.1) is 16.6 Å². The molecule has 2 aromatic heterocycles. The molecule has 0 radical (unpaired) electrons. The number of hydrogen-bond acceptors (Lipinski definition) is 5. The fraction of sp³-hybridized carbons (Fsp3) is 0.565. The molecule has 1 aliphatic rings. The predicted octanol–water partition coefficient (Wildman–Crippen LogP) is 4.33. The number of imidazole rings is 1. The minimum atomic E-state index is -0.0459. The summed E-state index contributed by atoms with van der Waals surface area (Å²) in [4.78, 5) is 21.0. The van der Waals surface area contributed by atoms with E-state index in [2.05, 4.69) is 51.2 Å². The van der Waals surface area contributed by atoms with Crippen molar-refractivity contribution in [3.05, 3.63) is 34.8 Å². The molecule has 162 valence electrons. The number of fused-ring (bicyclic) bond motifs is 3. The fourth-order valence-electron chi connectivity index (χ4n) is 4.18. The summed E-state index contributed by atoms with van der Waals surface area (Å²) in [5, 5.41) is 3.54. The Morgan fingerprint density at radius 1 is 1.40 bits per heavy atom. The number of carbonyl (C=O) groups excluding carboxylic acids is 1. The third kappa shape index (κ3) is 4.53. The topological polar surface area (TPSA) is 58.9 Å². The van der Waals surface area contributed by atoms with E-state index in [-0.39, 0.29) is 16.9 Å². The summed E-state index contributed by atoms with van der Waals surface area (Å²) in [5.74, 6) is 0.0520. The fourth-order valence-corrected chi connectivity index (χ4v) is 5.17. The third-order valence-electron chi connectivity index (χ3n) is 5.57. The van der Waals surface area contributed by atoms with Gasteiger partial charge in [-0.15, -0.1) is 0 Å². The molecule has 7 heteroatoms. The summed E-state index contributed by atoms with van der Waals surface area (Å²) in [6.07, 6.45) is 4.18. The summed E-state index contributed by atoms with van der Waals surface area (Å²) in [6.45, 7) is 11.8. The van der Waals surface area contributed by atoms with Gasteiger partial charge in [-0.1, -0.05) is 38.2 Å². The molecule has 30 heavy (non-hydrogen) atoms. The number of amides is 1. The number of hydrogen-bond donors (Lipinski definition) is 1. The van der Waals surface area contributed by atoms with E-state index in [0.29, 0.717) is 6.54 Å². The molecule has 4 rings (SSSR count). The first-order valence-electron chi connectivity index (χ1n) is 10.6. The lowest BCUT2D eigenvalue weighted by Gasteiger charge is -2.26. The van der Waals surface area contributed by atoms with Gasteiger partial charge in [-0.3, -0.25) is 9.20 Å². The van der Waals surface area contributed by atoms with Crippen LogP contribution in [0, 0.1) is 5.41 Å². The van der Waals surface area contributed by atoms with Crippen LogP contribution in [0.25, 0.3) is 16.0 Å². The first kappa shape index (κ1) is 21.3. The number of rotatable bonds is 6. The van der Waals surface area contributed by atoms with E-state index in [1.54, 1.807) is 4.90 Å². The Morgan fingerprint density at radius 3 is 2.90 bits per heavy atom. The van der Waals surface area contributed by atoms with Crippen LogP contribution in [-0.2, 0) is 11.3 Å². The largest absolute Gasteiger partial charge is 0.374 e. The molecule has 0 saturated carbocycles. The Morgan fingerprint density at radius 2 is 2.20 bits per heavy atom. The Balaban J connectivity index is 1.51. The first-order chi connectivity index (χ1) is 14.1. The van der Waals surface area contributed by atoms with Gasteiger partial charge in [0.25, 0.3) is 5.91 Å². The number of ether oxygens (including phenoxy) is 1. The van der Waals surface area contributed by atoms with Crippen molar-refractivity contribution in [3.8, 4) is 0 Å². The smallest absolute Gasteiger partial charge is 0.265 e. The van der Waals surface area contributed by atoms with Gasteiger partial charge in [0, 0.05) is 39.5 Å². The van der Waals surface area contributed by atoms with Crippen molar-refractivity contribution in [2.45, 2.75) is 52.7 Å². The number of carbonyl (C=O) groups is 1. The van der Waals surface area contributed by atoms with E-state index in [9.17, 15) is 4.79 Å². The summed E-state index contributed by atoms with van der Waals surface area (Å²) in [7, 11) is 1.87. The number of thiazole rings is 1. The molecule has 1 amide bonds. The maximum Gasteiger partial charge on any atom is 0.265 e. The maximum atomic E-state index is 12.9. The SMILES string of the molecule is CN(CC(C)(C)C)C(=O)c1cn2c(nc3ccc(CNC[C@]4(C)CCCO4)cc32)s1. The van der Waals surface area contributed by atoms with Gasteiger partial charge in [0.1, 0.15) is 4.88 Å². The van der Waals surface area contributed by atoms with Crippen LogP contribution >= 0.6 is 11.3 Å². The Labute approximate surface area is 182 Å². The second-order valence-corrected chi connectivity index (χ2v) is 10.9. The summed E-state index contributed by atoms with van der Waals surface area (Å²) in [6, 6.07) is 6.35. The third-order valence-corrected chi connectivity index (χ3v) is 6.54. The van der Waals surface area contributed by atoms with E-state index in [1.807, 2.05) is 17.6 Å². The molecular formula is C23H32N4O2S. The molecule has 1 aromatic carbocycles. The van der Waals surface area contributed by atoms with Gasteiger partial charge in [0.2, 0.25) is 0 Å². The number of aromatic nitrogens is 2. The highest BCUT2D eigenvalue weighted by Gasteiger charge is 2.29. The van der Waals surface area contributed by atoms with Gasteiger partial charge in [-0.2, -0.15) is 0 Å². The lowest BCUT2D eigenvalue weighted by molar-refractivity contribution is 0.0207. The molecule has 0 bridgehead atoms. The molecule has 0 aliphatic carbocycles. The number of benzene rings is 1. The van der Waals surface area contributed by atoms with E-state index in [0.717, 1.165) is 53.4 Å². The molecule has 1 saturated heterocycles. The molecule has 1 aliphatic heterocycles. The van der Waals surface area contributed by atoms with Crippen LogP contribution in [0.1, 0.15) is 55.8 Å². The average molecular weight is 429 g/mol.